The maximum absolute atomic E-state index is 12.5. The van der Waals surface area contributed by atoms with E-state index in [-0.39, 0.29) is 11.4 Å². The molecule has 0 radical (unpaired) electrons. The summed E-state index contributed by atoms with van der Waals surface area (Å²) in [5, 5.41) is 11.1. The summed E-state index contributed by atoms with van der Waals surface area (Å²) >= 11 is 5.99. The minimum absolute atomic E-state index is 0.152. The van der Waals surface area contributed by atoms with Crippen LogP contribution >= 0.6 is 11.6 Å². The van der Waals surface area contributed by atoms with Crippen LogP contribution < -0.4 is 10.6 Å². The highest BCUT2D eigenvalue weighted by atomic mass is 35.5. The van der Waals surface area contributed by atoms with Crippen molar-refractivity contribution in [1.29, 1.82) is 0 Å². The second kappa shape index (κ2) is 7.45. The predicted molar refractivity (Wildman–Crippen MR) is 111 cm³/mol. The lowest BCUT2D eigenvalue weighted by Gasteiger charge is -2.14. The average Bonchev–Trinajstić information content (AvgIpc) is 2.99. The Balaban J connectivity index is 1.90. The molecule has 140 valence electrons. The van der Waals surface area contributed by atoms with E-state index >= 15 is 0 Å². The van der Waals surface area contributed by atoms with Gasteiger partial charge in [0.2, 0.25) is 0 Å². The maximum Gasteiger partial charge on any atom is 0.324 e. The summed E-state index contributed by atoms with van der Waals surface area (Å²) in [6, 6.07) is 16.5. The first kappa shape index (κ1) is 19.0. The van der Waals surface area contributed by atoms with Crippen molar-refractivity contribution in [2.24, 2.45) is 0 Å². The fourth-order valence-corrected chi connectivity index (χ4v) is 2.74. The Morgan fingerprint density at radius 1 is 1.04 bits per heavy atom. The number of amides is 2. The van der Waals surface area contributed by atoms with Crippen LogP contribution in [0.25, 0.3) is 5.69 Å². The molecule has 6 heteroatoms. The molecular weight excluding hydrogens is 360 g/mol. The van der Waals surface area contributed by atoms with Gasteiger partial charge < -0.3 is 5.32 Å². The monoisotopic (exact) mass is 382 g/mol. The molecule has 2 amide bonds. The molecule has 0 aliphatic heterocycles. The van der Waals surface area contributed by atoms with Gasteiger partial charge in [0.05, 0.1) is 11.4 Å². The number of urea groups is 1. The van der Waals surface area contributed by atoms with Gasteiger partial charge in [-0.2, -0.15) is 5.10 Å². The van der Waals surface area contributed by atoms with E-state index in [9.17, 15) is 4.79 Å². The fraction of sp³-hybridized carbons (Fsp3) is 0.238. The summed E-state index contributed by atoms with van der Waals surface area (Å²) in [7, 11) is 0. The Labute approximate surface area is 164 Å². The number of benzene rings is 2. The Bertz CT molecular complexity index is 955. The first-order valence-electron chi connectivity index (χ1n) is 8.73. The molecule has 0 fully saturated rings. The SMILES string of the molecule is Cc1cccc(NC(=O)Nc2cc(C(C)(C)C)nn2-c2ccc(Cl)cc2)c1. The molecule has 3 rings (SSSR count). The predicted octanol–water partition coefficient (Wildman–Crippen LogP) is 5.78. The standard InChI is InChI=1S/C21H23ClN4O/c1-14-6-5-7-16(12-14)23-20(27)24-19-13-18(21(2,3)4)25-26(19)17-10-8-15(22)9-11-17/h5-13H,1-4H3,(H2,23,24,27). The molecule has 0 saturated carbocycles. The highest BCUT2D eigenvalue weighted by Gasteiger charge is 2.21. The number of carbonyl (C=O) groups excluding carboxylic acids is 1. The fourth-order valence-electron chi connectivity index (χ4n) is 2.62. The molecule has 5 nitrogen and oxygen atoms in total. The van der Waals surface area contributed by atoms with Crippen LogP contribution in [-0.4, -0.2) is 15.8 Å². The number of carbonyl (C=O) groups is 1. The van der Waals surface area contributed by atoms with E-state index in [4.69, 9.17) is 11.6 Å². The van der Waals surface area contributed by atoms with Crippen LogP contribution in [0, 0.1) is 6.92 Å². The van der Waals surface area contributed by atoms with E-state index in [2.05, 4.69) is 36.5 Å². The molecule has 0 atom stereocenters. The normalized spacial score (nSPS) is 11.3. The molecule has 0 aliphatic carbocycles. The van der Waals surface area contributed by atoms with Gasteiger partial charge >= 0.3 is 6.03 Å². The van der Waals surface area contributed by atoms with E-state index in [0.29, 0.717) is 10.8 Å². The van der Waals surface area contributed by atoms with Gasteiger partial charge in [-0.1, -0.05) is 44.5 Å². The van der Waals surface area contributed by atoms with Crippen LogP contribution in [0.4, 0.5) is 16.3 Å². The third kappa shape index (κ3) is 4.68. The summed E-state index contributed by atoms with van der Waals surface area (Å²) in [6.45, 7) is 8.22. The van der Waals surface area contributed by atoms with Crippen LogP contribution in [-0.2, 0) is 5.41 Å². The second-order valence-corrected chi connectivity index (χ2v) is 7.94. The summed E-state index contributed by atoms with van der Waals surface area (Å²) < 4.78 is 1.72. The first-order valence-corrected chi connectivity index (χ1v) is 9.11. The van der Waals surface area contributed by atoms with E-state index < -0.39 is 0 Å². The molecule has 2 aromatic carbocycles. The van der Waals surface area contributed by atoms with Crippen molar-refractivity contribution in [3.63, 3.8) is 0 Å². The van der Waals surface area contributed by atoms with Crippen molar-refractivity contribution in [3.8, 4) is 5.69 Å². The molecule has 0 spiro atoms. The highest BCUT2D eigenvalue weighted by molar-refractivity contribution is 6.30. The molecule has 0 unspecified atom stereocenters. The maximum atomic E-state index is 12.5. The van der Waals surface area contributed by atoms with Gasteiger partial charge in [-0.25, -0.2) is 9.48 Å². The number of anilines is 2. The topological polar surface area (TPSA) is 59.0 Å². The quantitative estimate of drug-likeness (QED) is 0.603. The first-order chi connectivity index (χ1) is 12.7. The van der Waals surface area contributed by atoms with Gasteiger partial charge in [-0.05, 0) is 48.9 Å². The van der Waals surface area contributed by atoms with Crippen LogP contribution in [0.1, 0.15) is 32.0 Å². The Morgan fingerprint density at radius 2 is 1.74 bits per heavy atom. The van der Waals surface area contributed by atoms with Crippen molar-refractivity contribution in [3.05, 3.63) is 70.9 Å². The lowest BCUT2D eigenvalue weighted by molar-refractivity contribution is 0.262. The van der Waals surface area contributed by atoms with Crippen LogP contribution in [0.2, 0.25) is 5.02 Å². The molecule has 0 aliphatic rings. The van der Waals surface area contributed by atoms with Crippen LogP contribution in [0.15, 0.2) is 54.6 Å². The summed E-state index contributed by atoms with van der Waals surface area (Å²) in [6.07, 6.45) is 0. The number of aromatic nitrogens is 2. The number of rotatable bonds is 3. The van der Waals surface area contributed by atoms with E-state index in [1.165, 1.54) is 0 Å². The van der Waals surface area contributed by atoms with Crippen molar-refractivity contribution in [2.75, 3.05) is 10.6 Å². The lowest BCUT2D eigenvalue weighted by atomic mass is 9.92. The average molecular weight is 383 g/mol. The molecular formula is C21H23ClN4O. The van der Waals surface area contributed by atoms with Gasteiger partial charge in [-0.3, -0.25) is 5.32 Å². The smallest absolute Gasteiger partial charge is 0.308 e. The van der Waals surface area contributed by atoms with Gasteiger partial charge in [0.1, 0.15) is 5.82 Å². The number of halogens is 1. The summed E-state index contributed by atoms with van der Waals surface area (Å²) in [5.41, 5.74) is 3.36. The Kier molecular flexibility index (Phi) is 5.24. The molecule has 0 bridgehead atoms. The molecule has 27 heavy (non-hydrogen) atoms. The third-order valence-corrected chi connectivity index (χ3v) is 4.32. The van der Waals surface area contributed by atoms with Crippen LogP contribution in [0.3, 0.4) is 0 Å². The lowest BCUT2D eigenvalue weighted by Crippen LogP contribution is -2.21. The van der Waals surface area contributed by atoms with Crippen molar-refractivity contribution in [2.45, 2.75) is 33.1 Å². The summed E-state index contributed by atoms with van der Waals surface area (Å²) in [4.78, 5) is 12.5. The van der Waals surface area contributed by atoms with Crippen molar-refractivity contribution in [1.82, 2.24) is 9.78 Å². The highest BCUT2D eigenvalue weighted by Crippen LogP contribution is 2.27. The molecule has 1 heterocycles. The zero-order valence-electron chi connectivity index (χ0n) is 15.9. The number of hydrogen-bond acceptors (Lipinski definition) is 2. The zero-order valence-corrected chi connectivity index (χ0v) is 16.6. The van der Waals surface area contributed by atoms with Gasteiger partial charge in [0, 0.05) is 22.2 Å². The summed E-state index contributed by atoms with van der Waals surface area (Å²) in [5.74, 6) is 0.590. The zero-order chi connectivity index (χ0) is 19.6. The number of aryl methyl sites for hydroxylation is 1. The third-order valence-electron chi connectivity index (χ3n) is 4.07. The minimum atomic E-state index is -0.323. The second-order valence-electron chi connectivity index (χ2n) is 7.50. The Hall–Kier alpha value is -2.79. The van der Waals surface area contributed by atoms with Crippen molar-refractivity contribution >= 4 is 29.1 Å². The largest absolute Gasteiger partial charge is 0.324 e. The van der Waals surface area contributed by atoms with E-state index in [1.807, 2.05) is 49.4 Å². The number of hydrogen-bond donors (Lipinski definition) is 2. The molecule has 0 saturated heterocycles. The van der Waals surface area contributed by atoms with Gasteiger partial charge in [0.25, 0.3) is 0 Å². The van der Waals surface area contributed by atoms with Gasteiger partial charge in [0.15, 0.2) is 0 Å². The number of nitrogens with zero attached hydrogens (tertiary/aromatic N) is 2. The van der Waals surface area contributed by atoms with E-state index in [1.54, 1.807) is 16.8 Å². The molecule has 2 N–H and O–H groups in total. The van der Waals surface area contributed by atoms with Crippen molar-refractivity contribution < 1.29 is 4.79 Å². The van der Waals surface area contributed by atoms with E-state index in [0.717, 1.165) is 22.6 Å². The Morgan fingerprint density at radius 3 is 2.37 bits per heavy atom. The minimum Gasteiger partial charge on any atom is -0.308 e. The van der Waals surface area contributed by atoms with Crippen LogP contribution in [0.5, 0.6) is 0 Å². The molecule has 1 aromatic heterocycles. The van der Waals surface area contributed by atoms with Gasteiger partial charge in [-0.15, -0.1) is 0 Å². The number of nitrogens with one attached hydrogen (secondary N) is 2. The molecule has 3 aromatic rings.